The van der Waals surface area contributed by atoms with Crippen molar-refractivity contribution in [3.63, 3.8) is 0 Å². The summed E-state index contributed by atoms with van der Waals surface area (Å²) in [5.41, 5.74) is 20.6. The van der Waals surface area contributed by atoms with Crippen molar-refractivity contribution in [3.05, 3.63) is 218 Å². The second-order valence-electron chi connectivity index (χ2n) is 17.9. The fourth-order valence-electron chi connectivity index (χ4n) is 11.2. The Hall–Kier alpha value is -7.58. The Labute approximate surface area is 369 Å². The minimum absolute atomic E-state index is 1.22. The van der Waals surface area contributed by atoms with E-state index < -0.39 is 8.07 Å². The molecule has 0 radical (unpaired) electrons. The normalized spacial score (nSPS) is 13.0. The van der Waals surface area contributed by atoms with Gasteiger partial charge in [-0.25, -0.2) is 0 Å². The second-order valence-corrected chi connectivity index (χ2v) is 22.3. The molecule has 1 heterocycles. The molecule has 0 bridgehead atoms. The maximum Gasteiger partial charge on any atom is 0.113 e. The predicted molar refractivity (Wildman–Crippen MR) is 273 cm³/mol. The van der Waals surface area contributed by atoms with E-state index in [4.69, 9.17) is 0 Å². The first-order valence-corrected chi connectivity index (χ1v) is 25.2. The van der Waals surface area contributed by atoms with Gasteiger partial charge in [0.2, 0.25) is 0 Å². The molecule has 11 aromatic rings. The minimum atomic E-state index is -2.01. The molecule has 1 aliphatic heterocycles. The molecule has 0 unspecified atom stereocenters. The lowest BCUT2D eigenvalue weighted by Crippen LogP contribution is -2.49. The zero-order valence-electron chi connectivity index (χ0n) is 35.3. The van der Waals surface area contributed by atoms with Crippen LogP contribution in [0.25, 0.3) is 121 Å². The topological polar surface area (TPSA) is 0 Å². The van der Waals surface area contributed by atoms with Crippen molar-refractivity contribution in [1.29, 1.82) is 0 Å². The summed E-state index contributed by atoms with van der Waals surface area (Å²) in [5, 5.41) is 10.9. The predicted octanol–water partition coefficient (Wildman–Crippen LogP) is 15.9. The summed E-state index contributed by atoms with van der Waals surface area (Å²) in [4.78, 5) is 0. The third-order valence-electron chi connectivity index (χ3n) is 14.2. The van der Waals surface area contributed by atoms with Crippen LogP contribution in [0.3, 0.4) is 0 Å². The highest BCUT2D eigenvalue weighted by molar-refractivity contribution is 7.04. The zero-order chi connectivity index (χ0) is 41.8. The Balaban J connectivity index is 1.12. The molecule has 1 heteroatoms. The van der Waals surface area contributed by atoms with Gasteiger partial charge in [0.15, 0.2) is 0 Å². The summed E-state index contributed by atoms with van der Waals surface area (Å²) in [7, 11) is -2.01. The molecule has 2 aliphatic rings. The van der Waals surface area contributed by atoms with Crippen LogP contribution in [-0.4, -0.2) is 8.07 Å². The summed E-state index contributed by atoms with van der Waals surface area (Å²) in [6, 6.07) is 82.2. The third kappa shape index (κ3) is 5.40. The molecule has 0 amide bonds. The van der Waals surface area contributed by atoms with Crippen LogP contribution in [0.5, 0.6) is 0 Å². The van der Waals surface area contributed by atoms with Gasteiger partial charge in [0.25, 0.3) is 0 Å². The van der Waals surface area contributed by atoms with Gasteiger partial charge in [-0.05, 0) is 144 Å². The molecule has 0 N–H and O–H groups in total. The van der Waals surface area contributed by atoms with Crippen LogP contribution in [0.1, 0.15) is 0 Å². The molecule has 13 rings (SSSR count). The molecule has 0 aromatic heterocycles. The lowest BCUT2D eigenvalue weighted by molar-refractivity contribution is 1.60. The van der Waals surface area contributed by atoms with Gasteiger partial charge in [-0.1, -0.05) is 219 Å². The van der Waals surface area contributed by atoms with E-state index in [0.29, 0.717) is 0 Å². The van der Waals surface area contributed by atoms with Gasteiger partial charge in [-0.2, -0.15) is 0 Å². The lowest BCUT2D eigenvalue weighted by Gasteiger charge is -2.23. The van der Waals surface area contributed by atoms with Gasteiger partial charge in [-0.15, -0.1) is 0 Å². The highest BCUT2D eigenvalue weighted by Gasteiger charge is 2.38. The van der Waals surface area contributed by atoms with Gasteiger partial charge in [0.05, 0.1) is 0 Å². The van der Waals surface area contributed by atoms with Crippen LogP contribution >= 0.6 is 0 Å². The molecule has 0 fully saturated rings. The van der Waals surface area contributed by atoms with E-state index in [1.54, 1.807) is 0 Å². The van der Waals surface area contributed by atoms with E-state index in [1.807, 2.05) is 0 Å². The highest BCUT2D eigenvalue weighted by Crippen LogP contribution is 2.51. The fraction of sp³-hybridized carbons (Fsp3) is 0.0323. The summed E-state index contributed by atoms with van der Waals surface area (Å²) < 4.78 is 0. The molecule has 63 heavy (non-hydrogen) atoms. The number of rotatable bonds is 5. The van der Waals surface area contributed by atoms with Gasteiger partial charge in [0.1, 0.15) is 8.07 Å². The summed E-state index contributed by atoms with van der Waals surface area (Å²) in [6.45, 7) is 5.07. The maximum absolute atomic E-state index is 2.61. The fourth-order valence-corrected chi connectivity index (χ4v) is 14.3. The summed E-state index contributed by atoms with van der Waals surface area (Å²) in [5.74, 6) is 0. The average molecular weight is 815 g/mol. The summed E-state index contributed by atoms with van der Waals surface area (Å²) in [6.07, 6.45) is 0. The van der Waals surface area contributed by atoms with Gasteiger partial charge < -0.3 is 0 Å². The highest BCUT2D eigenvalue weighted by atomic mass is 28.3. The molecule has 0 nitrogen and oxygen atoms in total. The molecule has 0 saturated heterocycles. The Bertz CT molecular complexity index is 3620. The first-order chi connectivity index (χ1) is 31.0. The van der Waals surface area contributed by atoms with Crippen molar-refractivity contribution in [2.24, 2.45) is 0 Å². The number of fused-ring (bicyclic) bond motifs is 8. The van der Waals surface area contributed by atoms with Gasteiger partial charge >= 0.3 is 0 Å². The van der Waals surface area contributed by atoms with Crippen molar-refractivity contribution >= 4 is 50.8 Å². The van der Waals surface area contributed by atoms with Crippen molar-refractivity contribution in [3.8, 4) is 89.0 Å². The average Bonchev–Trinajstić information content (AvgIpc) is 3.79. The SMILES string of the molecule is C[Si]1(C)c2ccccc2-c2cc3c(-c4ccc(-c5ccccc5)cc4)c4ccc(-c5ccc6c7c(cccc57)-c5ccccc5-6)cc4c(-c4ccc(-c5ccccc5)cc4)c3cc21. The third-order valence-corrected chi connectivity index (χ3v) is 17.8. The van der Waals surface area contributed by atoms with Crippen molar-refractivity contribution in [2.45, 2.75) is 13.1 Å². The Morgan fingerprint density at radius 3 is 1.35 bits per heavy atom. The van der Waals surface area contributed by atoms with Crippen molar-refractivity contribution < 1.29 is 0 Å². The van der Waals surface area contributed by atoms with Crippen LogP contribution in [-0.2, 0) is 0 Å². The number of benzene rings is 11. The van der Waals surface area contributed by atoms with E-state index >= 15 is 0 Å². The van der Waals surface area contributed by atoms with Gasteiger partial charge in [0, 0.05) is 0 Å². The van der Waals surface area contributed by atoms with E-state index in [2.05, 4.69) is 231 Å². The lowest BCUT2D eigenvalue weighted by atomic mass is 9.83. The van der Waals surface area contributed by atoms with Crippen LogP contribution < -0.4 is 10.4 Å². The second kappa shape index (κ2) is 13.7. The molecule has 11 aromatic carbocycles. The largest absolute Gasteiger partial charge is 0.113 e. The first kappa shape index (κ1) is 36.1. The van der Waals surface area contributed by atoms with Crippen LogP contribution in [0.2, 0.25) is 13.1 Å². The van der Waals surface area contributed by atoms with Crippen LogP contribution in [0.4, 0.5) is 0 Å². The minimum Gasteiger partial charge on any atom is -0.0623 e. The van der Waals surface area contributed by atoms with Crippen molar-refractivity contribution in [2.75, 3.05) is 0 Å². The van der Waals surface area contributed by atoms with Crippen LogP contribution in [0.15, 0.2) is 218 Å². The molecular weight excluding hydrogens is 773 g/mol. The van der Waals surface area contributed by atoms with E-state index in [1.165, 1.54) is 132 Å². The molecule has 1 aliphatic carbocycles. The maximum atomic E-state index is 2.61. The molecule has 0 atom stereocenters. The van der Waals surface area contributed by atoms with E-state index in [9.17, 15) is 0 Å². The Kier molecular flexibility index (Phi) is 7.86. The smallest absolute Gasteiger partial charge is 0.0623 e. The standard InChI is InChI=1S/C62H42Si/c1-63(2)58-23-12-11-20-49(58)54-37-56-57(38-59(54)63)61(44-30-26-42(27-31-44)40-16-7-4-8-17-40)55-36-45(32-33-53(55)60(56)43-28-24-41(25-29-43)39-14-5-3-6-15-39)46-34-35-52-48-19-10-9-18-47(48)51-22-13-21-50(46)62(51)52/h3-38H,1-2H3. The molecule has 0 spiro atoms. The monoisotopic (exact) mass is 814 g/mol. The quantitative estimate of drug-likeness (QED) is 0.120. The number of hydrogen-bond acceptors (Lipinski definition) is 0. The molecule has 0 saturated carbocycles. The van der Waals surface area contributed by atoms with Crippen LogP contribution in [0, 0.1) is 0 Å². The number of hydrogen-bond donors (Lipinski definition) is 0. The Morgan fingerprint density at radius 2 is 0.698 bits per heavy atom. The van der Waals surface area contributed by atoms with Gasteiger partial charge in [-0.3, -0.25) is 0 Å². The summed E-state index contributed by atoms with van der Waals surface area (Å²) >= 11 is 0. The van der Waals surface area contributed by atoms with Crippen molar-refractivity contribution in [1.82, 2.24) is 0 Å². The molecule has 294 valence electrons. The van der Waals surface area contributed by atoms with E-state index in [-0.39, 0.29) is 0 Å². The van der Waals surface area contributed by atoms with E-state index in [0.717, 1.165) is 0 Å². The zero-order valence-corrected chi connectivity index (χ0v) is 36.3. The Morgan fingerprint density at radius 1 is 0.238 bits per heavy atom. The molecular formula is C62H42Si. The first-order valence-electron chi connectivity index (χ1n) is 22.2.